The number of carbonyl (C=O) groups excluding carboxylic acids is 2. The molecule has 9 nitrogen and oxygen atoms in total. The molecular formula is C30H40O9. The predicted molar refractivity (Wildman–Crippen MR) is 140 cm³/mol. The lowest BCUT2D eigenvalue weighted by Crippen LogP contribution is -2.48. The molecule has 39 heavy (non-hydrogen) atoms. The minimum atomic E-state index is -0.992. The second kappa shape index (κ2) is 12.7. The van der Waals surface area contributed by atoms with Gasteiger partial charge >= 0.3 is 11.9 Å². The van der Waals surface area contributed by atoms with Gasteiger partial charge in [0.25, 0.3) is 0 Å². The molecule has 6 atom stereocenters. The highest BCUT2D eigenvalue weighted by Gasteiger charge is 2.54. The van der Waals surface area contributed by atoms with E-state index in [0.29, 0.717) is 38.9 Å². The van der Waals surface area contributed by atoms with E-state index < -0.39 is 18.0 Å². The Morgan fingerprint density at radius 2 is 1.87 bits per heavy atom. The molecule has 9 heteroatoms. The molecule has 214 valence electrons. The Kier molecular flexibility index (Phi) is 9.10. The van der Waals surface area contributed by atoms with Gasteiger partial charge in [-0.1, -0.05) is 38.2 Å². The van der Waals surface area contributed by atoms with Crippen molar-refractivity contribution in [2.24, 2.45) is 0 Å². The molecule has 2 fully saturated rings. The molecule has 0 radical (unpaired) electrons. The molecule has 0 saturated carbocycles. The molecule has 5 rings (SSSR count). The van der Waals surface area contributed by atoms with Crippen LogP contribution in [-0.4, -0.2) is 60.1 Å². The number of aliphatic hydroxyl groups is 1. The lowest BCUT2D eigenvalue weighted by molar-refractivity contribution is -0.286. The normalized spacial score (nSPS) is 29.7. The van der Waals surface area contributed by atoms with Crippen molar-refractivity contribution < 1.29 is 43.1 Å². The van der Waals surface area contributed by atoms with Crippen LogP contribution in [0.2, 0.25) is 0 Å². The van der Waals surface area contributed by atoms with E-state index in [4.69, 9.17) is 28.4 Å². The van der Waals surface area contributed by atoms with Crippen molar-refractivity contribution in [3.63, 3.8) is 0 Å². The Labute approximate surface area is 229 Å². The van der Waals surface area contributed by atoms with Crippen LogP contribution in [0.4, 0.5) is 0 Å². The van der Waals surface area contributed by atoms with Crippen molar-refractivity contribution in [1.29, 1.82) is 0 Å². The lowest BCUT2D eigenvalue weighted by atomic mass is 9.91. The molecule has 1 N–H and O–H groups in total. The number of carbonyl (C=O) groups is 2. The number of hydrogen-bond donors (Lipinski definition) is 1. The third kappa shape index (κ3) is 7.52. The van der Waals surface area contributed by atoms with Crippen LogP contribution in [0, 0.1) is 0 Å². The monoisotopic (exact) mass is 544 g/mol. The third-order valence-electron chi connectivity index (χ3n) is 7.92. The molecule has 4 heterocycles. The largest absolute Gasteiger partial charge is 0.462 e. The Morgan fingerprint density at radius 1 is 1.08 bits per heavy atom. The molecule has 4 aliphatic heterocycles. The zero-order valence-corrected chi connectivity index (χ0v) is 22.7. The van der Waals surface area contributed by atoms with Gasteiger partial charge in [-0.05, 0) is 49.5 Å². The Morgan fingerprint density at radius 3 is 2.72 bits per heavy atom. The van der Waals surface area contributed by atoms with Crippen LogP contribution in [0.1, 0.15) is 83.1 Å². The minimum Gasteiger partial charge on any atom is -0.462 e. The van der Waals surface area contributed by atoms with Gasteiger partial charge in [-0.25, -0.2) is 4.79 Å². The molecule has 0 aliphatic carbocycles. The molecule has 1 aromatic carbocycles. The SMILES string of the molecule is CC(=O)OC1CC(C[C@@H](O)CCCCCCCCc2ccc3c(c2)OCO3)OC2(C1)C[C@@H]1OC(=O)C=C[C@@H]1O2. The van der Waals surface area contributed by atoms with Gasteiger partial charge in [0, 0.05) is 32.3 Å². The van der Waals surface area contributed by atoms with Crippen LogP contribution in [0.15, 0.2) is 30.4 Å². The first-order chi connectivity index (χ1) is 18.9. The van der Waals surface area contributed by atoms with E-state index in [-0.39, 0.29) is 30.3 Å². The highest BCUT2D eigenvalue weighted by atomic mass is 16.7. The summed E-state index contributed by atoms with van der Waals surface area (Å²) in [7, 11) is 0. The first kappa shape index (κ1) is 27.9. The van der Waals surface area contributed by atoms with Crippen LogP contribution in [0.3, 0.4) is 0 Å². The van der Waals surface area contributed by atoms with Crippen molar-refractivity contribution in [2.45, 2.75) is 120 Å². The quantitative estimate of drug-likeness (QED) is 0.300. The first-order valence-corrected chi connectivity index (χ1v) is 14.4. The second-order valence-corrected chi connectivity index (χ2v) is 11.2. The van der Waals surface area contributed by atoms with Gasteiger partial charge in [0.1, 0.15) is 18.3 Å². The number of fused-ring (bicyclic) bond motifs is 2. The first-order valence-electron chi connectivity index (χ1n) is 14.4. The maximum absolute atomic E-state index is 11.7. The van der Waals surface area contributed by atoms with E-state index in [2.05, 4.69) is 12.1 Å². The van der Waals surface area contributed by atoms with Crippen molar-refractivity contribution in [1.82, 2.24) is 0 Å². The van der Waals surface area contributed by atoms with Gasteiger partial charge in [-0.3, -0.25) is 4.79 Å². The highest BCUT2D eigenvalue weighted by molar-refractivity contribution is 5.83. The van der Waals surface area contributed by atoms with E-state index in [0.717, 1.165) is 43.6 Å². The summed E-state index contributed by atoms with van der Waals surface area (Å²) in [6.07, 6.45) is 11.2. The van der Waals surface area contributed by atoms with Gasteiger partial charge in [-0.2, -0.15) is 0 Å². The van der Waals surface area contributed by atoms with E-state index in [1.165, 1.54) is 31.4 Å². The Balaban J connectivity index is 0.995. The van der Waals surface area contributed by atoms with Crippen molar-refractivity contribution in [3.05, 3.63) is 35.9 Å². The number of esters is 2. The van der Waals surface area contributed by atoms with Gasteiger partial charge in [0.05, 0.1) is 12.2 Å². The fourth-order valence-electron chi connectivity index (χ4n) is 6.16. The predicted octanol–water partition coefficient (Wildman–Crippen LogP) is 4.52. The number of aliphatic hydroxyl groups excluding tert-OH is 1. The number of aryl methyl sites for hydroxylation is 1. The number of rotatable bonds is 12. The van der Waals surface area contributed by atoms with Crippen molar-refractivity contribution >= 4 is 11.9 Å². The standard InChI is InChI=1S/C30H40O9/c1-20(31)36-24-16-23(38-30(17-24)18-28-26(39-30)12-13-29(33)37-28)15-22(32)9-7-5-3-2-4-6-8-21-10-11-25-27(14-21)35-19-34-25/h10-14,22-24,26,28,32H,2-9,15-19H2,1H3/t22-,23?,24?,26-,28-,30?/m0/s1. The average molecular weight is 545 g/mol. The van der Waals surface area contributed by atoms with Crippen LogP contribution in [0.25, 0.3) is 0 Å². The van der Waals surface area contributed by atoms with E-state index in [1.54, 1.807) is 6.08 Å². The molecule has 1 aromatic rings. The summed E-state index contributed by atoms with van der Waals surface area (Å²) in [5.74, 6) is -0.0599. The zero-order valence-electron chi connectivity index (χ0n) is 22.7. The Bertz CT molecular complexity index is 1040. The van der Waals surface area contributed by atoms with Gasteiger partial charge in [0.2, 0.25) is 6.79 Å². The second-order valence-electron chi connectivity index (χ2n) is 11.2. The molecule has 2 saturated heterocycles. The smallest absolute Gasteiger partial charge is 0.330 e. The van der Waals surface area contributed by atoms with Gasteiger partial charge < -0.3 is 33.5 Å². The average Bonchev–Trinajstić information content (AvgIpc) is 3.48. The van der Waals surface area contributed by atoms with E-state index in [1.807, 2.05) is 6.07 Å². The summed E-state index contributed by atoms with van der Waals surface area (Å²) >= 11 is 0. The summed E-state index contributed by atoms with van der Waals surface area (Å²) in [4.78, 5) is 23.3. The van der Waals surface area contributed by atoms with Crippen molar-refractivity contribution in [3.8, 4) is 11.5 Å². The van der Waals surface area contributed by atoms with E-state index in [9.17, 15) is 14.7 Å². The maximum atomic E-state index is 11.7. The van der Waals surface area contributed by atoms with Crippen LogP contribution in [-0.2, 0) is 35.0 Å². The van der Waals surface area contributed by atoms with Crippen LogP contribution < -0.4 is 9.47 Å². The molecular weight excluding hydrogens is 504 g/mol. The zero-order chi connectivity index (χ0) is 27.2. The number of ether oxygens (including phenoxy) is 6. The fourth-order valence-corrected chi connectivity index (χ4v) is 6.16. The topological polar surface area (TPSA) is 110 Å². The molecule has 1 spiro atoms. The molecule has 0 bridgehead atoms. The molecule has 4 aliphatic rings. The summed E-state index contributed by atoms with van der Waals surface area (Å²) in [5.41, 5.74) is 1.28. The summed E-state index contributed by atoms with van der Waals surface area (Å²) in [6, 6.07) is 6.17. The van der Waals surface area contributed by atoms with Gasteiger partial charge in [-0.15, -0.1) is 0 Å². The molecule has 3 unspecified atom stereocenters. The third-order valence-corrected chi connectivity index (χ3v) is 7.92. The van der Waals surface area contributed by atoms with Crippen LogP contribution in [0.5, 0.6) is 11.5 Å². The van der Waals surface area contributed by atoms with Gasteiger partial charge in [0.15, 0.2) is 17.3 Å². The summed E-state index contributed by atoms with van der Waals surface area (Å²) in [5, 5.41) is 10.7. The van der Waals surface area contributed by atoms with Crippen LogP contribution >= 0.6 is 0 Å². The maximum Gasteiger partial charge on any atom is 0.330 e. The van der Waals surface area contributed by atoms with E-state index >= 15 is 0 Å². The summed E-state index contributed by atoms with van der Waals surface area (Å²) < 4.78 is 34.3. The molecule has 0 amide bonds. The molecule has 0 aromatic heterocycles. The Hall–Kier alpha value is -2.62. The lowest BCUT2D eigenvalue weighted by Gasteiger charge is -2.41. The summed E-state index contributed by atoms with van der Waals surface area (Å²) in [6.45, 7) is 1.70. The number of unbranched alkanes of at least 4 members (excludes halogenated alkanes) is 5. The van der Waals surface area contributed by atoms with Crippen molar-refractivity contribution in [2.75, 3.05) is 6.79 Å². The highest BCUT2D eigenvalue weighted by Crippen LogP contribution is 2.44. The number of benzene rings is 1. The number of hydrogen-bond acceptors (Lipinski definition) is 9. The minimum absolute atomic E-state index is 0.308. The fraction of sp³-hybridized carbons (Fsp3) is 0.667.